The fourth-order valence-corrected chi connectivity index (χ4v) is 8.02. The summed E-state index contributed by atoms with van der Waals surface area (Å²) in [5, 5.41) is 0. The molecule has 0 bridgehead atoms. The van der Waals surface area contributed by atoms with Crippen LogP contribution in [-0.2, 0) is 0 Å². The number of benzene rings is 8. The molecule has 0 fully saturated rings. The summed E-state index contributed by atoms with van der Waals surface area (Å²) in [5.41, 5.74) is 14.2. The lowest BCUT2D eigenvalue weighted by molar-refractivity contribution is 0.469. The van der Waals surface area contributed by atoms with Crippen LogP contribution >= 0.6 is 0 Å². The Morgan fingerprint density at radius 2 is 0.608 bits per heavy atom. The van der Waals surface area contributed by atoms with Crippen LogP contribution < -0.4 is 25.9 Å². The number of rotatable bonds is 5. The van der Waals surface area contributed by atoms with E-state index in [9.17, 15) is 0 Å². The van der Waals surface area contributed by atoms with Gasteiger partial charge in [-0.05, 0) is 38.7 Å². The molecule has 51 heavy (non-hydrogen) atoms. The van der Waals surface area contributed by atoms with E-state index >= 15 is 0 Å². The van der Waals surface area contributed by atoms with Crippen molar-refractivity contribution in [3.8, 4) is 78.6 Å². The Labute approximate surface area is 298 Å². The van der Waals surface area contributed by atoms with E-state index in [0.29, 0.717) is 0 Å². The van der Waals surface area contributed by atoms with Crippen LogP contribution in [0.4, 0.5) is 0 Å². The second-order valence-electron chi connectivity index (χ2n) is 13.1. The SMILES string of the molecule is c1ccc(-c2cccc3c2Oc2c4c(c(-c5ccccc5)c(-c5ccccc5)c2-c2ccccc2)Oc2c(cccc2-c2ccccc2)B34)cc1. The Kier molecular flexibility index (Phi) is 6.95. The minimum Gasteiger partial charge on any atom is -0.457 e. The van der Waals surface area contributed by atoms with Crippen LogP contribution in [-0.4, -0.2) is 6.71 Å². The van der Waals surface area contributed by atoms with Crippen molar-refractivity contribution in [3.05, 3.63) is 188 Å². The molecule has 0 radical (unpaired) electrons. The topological polar surface area (TPSA) is 18.5 Å². The zero-order valence-corrected chi connectivity index (χ0v) is 27.8. The van der Waals surface area contributed by atoms with Crippen LogP contribution in [0.25, 0.3) is 55.6 Å². The van der Waals surface area contributed by atoms with Crippen LogP contribution in [0, 0.1) is 0 Å². The zero-order chi connectivity index (χ0) is 33.7. The van der Waals surface area contributed by atoms with Crippen molar-refractivity contribution < 1.29 is 9.47 Å². The molecule has 0 atom stereocenters. The molecule has 8 aromatic rings. The lowest BCUT2D eigenvalue weighted by Crippen LogP contribution is -2.57. The monoisotopic (exact) mass is 650 g/mol. The summed E-state index contributed by atoms with van der Waals surface area (Å²) in [4.78, 5) is 0. The Morgan fingerprint density at radius 1 is 0.275 bits per heavy atom. The Balaban J connectivity index is 1.39. The van der Waals surface area contributed by atoms with Crippen LogP contribution in [0.1, 0.15) is 0 Å². The van der Waals surface area contributed by atoms with Gasteiger partial charge < -0.3 is 9.47 Å². The van der Waals surface area contributed by atoms with Crippen molar-refractivity contribution >= 4 is 23.1 Å². The predicted molar refractivity (Wildman–Crippen MR) is 211 cm³/mol. The van der Waals surface area contributed by atoms with E-state index in [0.717, 1.165) is 95.0 Å². The third-order valence-electron chi connectivity index (χ3n) is 10.2. The van der Waals surface area contributed by atoms with Gasteiger partial charge in [0.05, 0.1) is 0 Å². The first-order chi connectivity index (χ1) is 25.3. The van der Waals surface area contributed by atoms with Crippen LogP contribution in [0.2, 0.25) is 0 Å². The molecule has 3 heteroatoms. The van der Waals surface area contributed by atoms with E-state index in [-0.39, 0.29) is 6.71 Å². The maximum Gasteiger partial charge on any atom is 0.260 e. The van der Waals surface area contributed by atoms with Crippen LogP contribution in [0.15, 0.2) is 188 Å². The maximum absolute atomic E-state index is 7.40. The van der Waals surface area contributed by atoms with Gasteiger partial charge in [-0.2, -0.15) is 0 Å². The third kappa shape index (κ3) is 4.74. The van der Waals surface area contributed by atoms with E-state index in [1.807, 2.05) is 0 Å². The van der Waals surface area contributed by atoms with Crippen LogP contribution in [0.3, 0.4) is 0 Å². The number of hydrogen-bond donors (Lipinski definition) is 0. The van der Waals surface area contributed by atoms with E-state index in [2.05, 4.69) is 188 Å². The highest BCUT2D eigenvalue weighted by Gasteiger charge is 2.45. The highest BCUT2D eigenvalue weighted by molar-refractivity contribution is 6.98. The highest BCUT2D eigenvalue weighted by atomic mass is 16.5. The second-order valence-corrected chi connectivity index (χ2v) is 13.1. The number of hydrogen-bond acceptors (Lipinski definition) is 2. The summed E-state index contributed by atoms with van der Waals surface area (Å²) in [6, 6.07) is 66.4. The van der Waals surface area contributed by atoms with E-state index in [1.165, 1.54) is 0 Å². The summed E-state index contributed by atoms with van der Waals surface area (Å²) < 4.78 is 14.8. The minimum atomic E-state index is -0.135. The molecule has 2 heterocycles. The lowest BCUT2D eigenvalue weighted by Gasteiger charge is -2.38. The Morgan fingerprint density at radius 3 is 0.980 bits per heavy atom. The van der Waals surface area contributed by atoms with Gasteiger partial charge in [-0.25, -0.2) is 0 Å². The van der Waals surface area contributed by atoms with Crippen molar-refractivity contribution in [2.24, 2.45) is 0 Å². The van der Waals surface area contributed by atoms with Crippen molar-refractivity contribution in [2.75, 3.05) is 0 Å². The zero-order valence-electron chi connectivity index (χ0n) is 27.8. The number of para-hydroxylation sites is 2. The molecule has 2 nitrogen and oxygen atoms in total. The van der Waals surface area contributed by atoms with Gasteiger partial charge in [0.25, 0.3) is 6.71 Å². The smallest absolute Gasteiger partial charge is 0.260 e. The molecule has 8 aromatic carbocycles. The van der Waals surface area contributed by atoms with Gasteiger partial charge in [0.1, 0.15) is 23.0 Å². The standard InChI is InChI=1S/C48H31BO2/c1-6-18-32(19-7-1)37-28-16-30-39-45(37)50-47-42(35-24-12-4-13-25-35)41(34-22-10-3-11-23-34)43(36-26-14-5-15-27-36)48-44(47)49(39)40-31-17-29-38(46(40)51-48)33-20-8-2-9-21-33/h1-31H. The first-order valence-electron chi connectivity index (χ1n) is 17.5. The molecule has 238 valence electrons. The molecule has 0 saturated heterocycles. The van der Waals surface area contributed by atoms with Crippen molar-refractivity contribution in [2.45, 2.75) is 0 Å². The minimum absolute atomic E-state index is 0.135. The molecule has 0 saturated carbocycles. The highest BCUT2D eigenvalue weighted by Crippen LogP contribution is 2.54. The Bertz CT molecular complexity index is 2390. The average molecular weight is 651 g/mol. The second kappa shape index (κ2) is 12.1. The van der Waals surface area contributed by atoms with Crippen molar-refractivity contribution in [1.82, 2.24) is 0 Å². The first-order valence-corrected chi connectivity index (χ1v) is 17.5. The summed E-state index contributed by atoms with van der Waals surface area (Å²) in [5.74, 6) is 3.44. The quantitative estimate of drug-likeness (QED) is 0.173. The largest absolute Gasteiger partial charge is 0.457 e. The van der Waals surface area contributed by atoms with Gasteiger partial charge >= 0.3 is 0 Å². The summed E-state index contributed by atoms with van der Waals surface area (Å²) in [7, 11) is 0. The molecule has 2 aliphatic rings. The van der Waals surface area contributed by atoms with Crippen LogP contribution in [0.5, 0.6) is 23.0 Å². The third-order valence-corrected chi connectivity index (χ3v) is 10.2. The molecule has 2 aliphatic heterocycles. The summed E-state index contributed by atoms with van der Waals surface area (Å²) in [6.45, 7) is -0.135. The number of ether oxygens (including phenoxy) is 2. The van der Waals surface area contributed by atoms with E-state index in [4.69, 9.17) is 9.47 Å². The first kappa shape index (κ1) is 29.4. The fourth-order valence-electron chi connectivity index (χ4n) is 8.02. The average Bonchev–Trinajstić information content (AvgIpc) is 3.21. The molecule has 0 aliphatic carbocycles. The fraction of sp³-hybridized carbons (Fsp3) is 0. The summed E-state index contributed by atoms with van der Waals surface area (Å²) in [6.07, 6.45) is 0. The Hall–Kier alpha value is -6.58. The van der Waals surface area contributed by atoms with Gasteiger partial charge in [-0.3, -0.25) is 0 Å². The van der Waals surface area contributed by atoms with Crippen molar-refractivity contribution in [1.29, 1.82) is 0 Å². The number of fused-ring (bicyclic) bond motifs is 4. The van der Waals surface area contributed by atoms with Gasteiger partial charge in [0.2, 0.25) is 0 Å². The van der Waals surface area contributed by atoms with Gasteiger partial charge in [0.15, 0.2) is 0 Å². The molecule has 10 rings (SSSR count). The summed E-state index contributed by atoms with van der Waals surface area (Å²) >= 11 is 0. The maximum atomic E-state index is 7.40. The normalized spacial score (nSPS) is 12.2. The lowest BCUT2D eigenvalue weighted by atomic mass is 9.34. The predicted octanol–water partition coefficient (Wildman–Crippen LogP) is 10.7. The van der Waals surface area contributed by atoms with Gasteiger partial charge in [-0.15, -0.1) is 0 Å². The molecular weight excluding hydrogens is 619 g/mol. The molecule has 0 amide bonds. The molecule has 0 aromatic heterocycles. The molecule has 0 spiro atoms. The molecule has 0 N–H and O–H groups in total. The molecule has 0 unspecified atom stereocenters. The van der Waals surface area contributed by atoms with Crippen molar-refractivity contribution in [3.63, 3.8) is 0 Å². The molecular formula is C48H31BO2. The van der Waals surface area contributed by atoms with Gasteiger partial charge in [0, 0.05) is 33.3 Å². The van der Waals surface area contributed by atoms with E-state index < -0.39 is 0 Å². The van der Waals surface area contributed by atoms with Gasteiger partial charge in [-0.1, -0.05) is 188 Å². The van der Waals surface area contributed by atoms with E-state index in [1.54, 1.807) is 0 Å².